The second kappa shape index (κ2) is 4.91. The summed E-state index contributed by atoms with van der Waals surface area (Å²) in [5, 5.41) is 6.76. The lowest BCUT2D eigenvalue weighted by Gasteiger charge is -2.03. The van der Waals surface area contributed by atoms with Crippen molar-refractivity contribution in [1.82, 2.24) is 15.0 Å². The zero-order chi connectivity index (χ0) is 14.9. The van der Waals surface area contributed by atoms with Crippen LogP contribution < -0.4 is 0 Å². The number of hydrogen-bond acceptors (Lipinski definition) is 4. The summed E-state index contributed by atoms with van der Waals surface area (Å²) in [6.07, 6.45) is 0.914. The van der Waals surface area contributed by atoms with Crippen molar-refractivity contribution in [3.63, 3.8) is 0 Å². The van der Waals surface area contributed by atoms with Crippen LogP contribution in [0.1, 0.15) is 18.8 Å². The van der Waals surface area contributed by atoms with Gasteiger partial charge in [-0.1, -0.05) is 11.3 Å². The molecular weight excluding hydrogens is 244 g/mol. The van der Waals surface area contributed by atoms with Gasteiger partial charge < -0.3 is 4.74 Å². The van der Waals surface area contributed by atoms with Gasteiger partial charge in [0.05, 0.1) is 22.5 Å². The summed E-state index contributed by atoms with van der Waals surface area (Å²) in [7, 11) is 1.12. The van der Waals surface area contributed by atoms with Gasteiger partial charge in [0.25, 0.3) is 0 Å². The second-order valence-corrected chi connectivity index (χ2v) is 3.25. The fourth-order valence-corrected chi connectivity index (χ4v) is 1.24. The minimum atomic E-state index is -2.64. The summed E-state index contributed by atoms with van der Waals surface area (Å²) in [6.45, 7) is -2.64. The largest absolute Gasteiger partial charge is 0.464 e. The molecule has 1 aromatic heterocycles. The lowest BCUT2D eigenvalue weighted by molar-refractivity contribution is 0.0594. The first-order valence-corrected chi connectivity index (χ1v) is 4.83. The molecule has 0 N–H and O–H groups in total. The molecule has 0 aliphatic rings. The van der Waals surface area contributed by atoms with Gasteiger partial charge in [0.2, 0.25) is 0 Å². The average Bonchev–Trinajstić information content (AvgIpc) is 2.87. The van der Waals surface area contributed by atoms with E-state index in [1.165, 1.54) is 0 Å². The van der Waals surface area contributed by atoms with Crippen molar-refractivity contribution >= 4 is 5.97 Å². The molecule has 0 bridgehead atoms. The van der Waals surface area contributed by atoms with Crippen LogP contribution >= 0.6 is 0 Å². The maximum atomic E-state index is 13.6. The summed E-state index contributed by atoms with van der Waals surface area (Å²) in [6, 6.07) is 2.97. The number of esters is 1. The zero-order valence-corrected chi connectivity index (χ0v) is 9.22. The van der Waals surface area contributed by atoms with E-state index in [-0.39, 0.29) is 5.69 Å². The van der Waals surface area contributed by atoms with Crippen molar-refractivity contribution in [1.29, 1.82) is 0 Å². The van der Waals surface area contributed by atoms with E-state index in [1.54, 1.807) is 0 Å². The highest BCUT2D eigenvalue weighted by Crippen LogP contribution is 2.13. The number of ether oxygens (including phenoxy) is 1. The molecule has 0 spiro atoms. The fraction of sp³-hybridized carbons (Fsp3) is 0.182. The van der Waals surface area contributed by atoms with Gasteiger partial charge in [-0.25, -0.2) is 18.3 Å². The third-order valence-corrected chi connectivity index (χ3v) is 2.08. The van der Waals surface area contributed by atoms with E-state index in [9.17, 15) is 13.6 Å². The van der Waals surface area contributed by atoms with Crippen LogP contribution in [0.25, 0.3) is 0 Å². The zero-order valence-electron chi connectivity index (χ0n) is 11.2. The Morgan fingerprint density at radius 1 is 1.50 bits per heavy atom. The second-order valence-electron chi connectivity index (χ2n) is 3.25. The van der Waals surface area contributed by atoms with Gasteiger partial charge in [-0.3, -0.25) is 0 Å². The van der Waals surface area contributed by atoms with Crippen LogP contribution in [-0.4, -0.2) is 28.1 Å². The Morgan fingerprint density at radius 3 is 2.78 bits per heavy atom. The molecule has 0 saturated carbocycles. The van der Waals surface area contributed by atoms with E-state index in [2.05, 4.69) is 15.0 Å². The van der Waals surface area contributed by atoms with Crippen molar-refractivity contribution in [2.24, 2.45) is 0 Å². The number of carbonyl (C=O) groups is 1. The first kappa shape index (κ1) is 9.69. The number of halogens is 2. The molecule has 0 aliphatic heterocycles. The molecule has 0 fully saturated rings. The fourth-order valence-electron chi connectivity index (χ4n) is 1.24. The maximum Gasteiger partial charge on any atom is 0.360 e. The van der Waals surface area contributed by atoms with E-state index in [4.69, 9.17) is 2.74 Å². The minimum Gasteiger partial charge on any atom is -0.464 e. The molecule has 94 valence electrons. The van der Waals surface area contributed by atoms with Gasteiger partial charge in [0, 0.05) is 5.56 Å². The first-order chi connectivity index (χ1) is 9.37. The van der Waals surface area contributed by atoms with Gasteiger partial charge in [-0.15, -0.1) is 5.10 Å². The molecule has 7 heteroatoms. The minimum absolute atomic E-state index is 0.270. The Bertz CT molecular complexity index is 641. The van der Waals surface area contributed by atoms with Crippen LogP contribution in [0.4, 0.5) is 8.78 Å². The van der Waals surface area contributed by atoms with Gasteiger partial charge >= 0.3 is 5.97 Å². The molecule has 5 nitrogen and oxygen atoms in total. The van der Waals surface area contributed by atoms with Crippen LogP contribution in [0, 0.1) is 11.6 Å². The number of nitrogens with zero attached hydrogens (tertiary/aromatic N) is 3. The summed E-state index contributed by atoms with van der Waals surface area (Å²) in [4.78, 5) is 11.2. The normalized spacial score (nSPS) is 12.8. The van der Waals surface area contributed by atoms with E-state index in [0.717, 1.165) is 31.5 Å². The van der Waals surface area contributed by atoms with E-state index in [0.29, 0.717) is 4.68 Å². The number of methoxy groups -OCH3 is 1. The number of aromatic nitrogens is 3. The highest BCUT2D eigenvalue weighted by molar-refractivity contribution is 5.86. The molecule has 0 saturated heterocycles. The summed E-state index contributed by atoms with van der Waals surface area (Å²) < 4.78 is 47.8. The van der Waals surface area contributed by atoms with Crippen molar-refractivity contribution in [3.05, 3.63) is 47.3 Å². The van der Waals surface area contributed by atoms with Crippen molar-refractivity contribution < 1.29 is 21.1 Å². The molecule has 0 aliphatic carbocycles. The third-order valence-electron chi connectivity index (χ3n) is 2.08. The molecular formula is C11H9F2N3O2. The van der Waals surface area contributed by atoms with Crippen molar-refractivity contribution in [2.75, 3.05) is 7.11 Å². The Kier molecular flexibility index (Phi) is 2.64. The Hall–Kier alpha value is -2.31. The molecule has 0 unspecified atom stereocenters. The highest BCUT2D eigenvalue weighted by atomic mass is 19.1. The van der Waals surface area contributed by atoms with Crippen LogP contribution in [0.15, 0.2) is 24.4 Å². The number of benzene rings is 1. The molecule has 1 aromatic carbocycles. The van der Waals surface area contributed by atoms with Crippen molar-refractivity contribution in [2.45, 2.75) is 6.50 Å². The molecule has 0 atom stereocenters. The van der Waals surface area contributed by atoms with Gasteiger partial charge in [0.15, 0.2) is 5.69 Å². The summed E-state index contributed by atoms with van der Waals surface area (Å²) >= 11 is 0. The number of hydrogen-bond donors (Lipinski definition) is 0. The predicted molar refractivity (Wildman–Crippen MR) is 56.8 cm³/mol. The van der Waals surface area contributed by atoms with E-state index < -0.39 is 29.7 Å². The standard InChI is InChI=1S/C11H9F2N3O2/c1-18-11(17)10-6-16(15-14-10)5-7-8(12)3-2-4-9(7)13/h2-4,6H,5H2,1H3/i5D2. The molecule has 0 radical (unpaired) electrons. The van der Waals surface area contributed by atoms with Crippen LogP contribution in [0.3, 0.4) is 0 Å². The number of rotatable bonds is 3. The van der Waals surface area contributed by atoms with Crippen LogP contribution in [0.2, 0.25) is 0 Å². The average molecular weight is 255 g/mol. The molecule has 2 aromatic rings. The predicted octanol–water partition coefficient (Wildman–Crippen LogP) is 1.39. The van der Waals surface area contributed by atoms with E-state index in [1.807, 2.05) is 0 Å². The van der Waals surface area contributed by atoms with Gasteiger partial charge in [0.1, 0.15) is 11.6 Å². The smallest absolute Gasteiger partial charge is 0.360 e. The molecule has 2 rings (SSSR count). The van der Waals surface area contributed by atoms with Gasteiger partial charge in [-0.05, 0) is 12.1 Å². The lowest BCUT2D eigenvalue weighted by atomic mass is 10.2. The molecule has 18 heavy (non-hydrogen) atoms. The SMILES string of the molecule is [2H]C([2H])(c1c(F)cccc1F)n1cc(C(=O)OC)nn1. The molecule has 1 heterocycles. The quantitative estimate of drug-likeness (QED) is 0.778. The van der Waals surface area contributed by atoms with Gasteiger partial charge in [-0.2, -0.15) is 0 Å². The van der Waals surface area contributed by atoms with Crippen molar-refractivity contribution in [3.8, 4) is 0 Å². The number of carbonyl (C=O) groups excluding carboxylic acids is 1. The lowest BCUT2D eigenvalue weighted by Crippen LogP contribution is -2.05. The van der Waals surface area contributed by atoms with Crippen LogP contribution in [-0.2, 0) is 11.2 Å². The topological polar surface area (TPSA) is 57.0 Å². The van der Waals surface area contributed by atoms with Crippen LogP contribution in [0.5, 0.6) is 0 Å². The first-order valence-electron chi connectivity index (χ1n) is 5.83. The highest BCUT2D eigenvalue weighted by Gasteiger charge is 2.13. The summed E-state index contributed by atoms with van der Waals surface area (Å²) in [5.41, 5.74) is -1.09. The van der Waals surface area contributed by atoms with E-state index >= 15 is 0 Å². The Labute approximate surface area is 104 Å². The maximum absolute atomic E-state index is 13.6. The Balaban J connectivity index is 2.50. The Morgan fingerprint density at radius 2 is 2.17 bits per heavy atom. The monoisotopic (exact) mass is 255 g/mol. The summed E-state index contributed by atoms with van der Waals surface area (Å²) in [5.74, 6) is -2.96. The molecule has 0 amide bonds. The third kappa shape index (κ3) is 2.34.